The highest BCUT2D eigenvalue weighted by Crippen LogP contribution is 2.10. The SMILES string of the molecule is CC(CO)C(C)NC(=O)Cc1cc(F)ccc1F. The summed E-state index contributed by atoms with van der Waals surface area (Å²) in [6.45, 7) is 3.49. The highest BCUT2D eigenvalue weighted by Gasteiger charge is 2.15. The Kier molecular flexibility index (Phi) is 5.22. The quantitative estimate of drug-likeness (QED) is 0.842. The summed E-state index contributed by atoms with van der Waals surface area (Å²) in [6.07, 6.45) is -0.216. The van der Waals surface area contributed by atoms with Crippen LogP contribution >= 0.6 is 0 Å². The summed E-state index contributed by atoms with van der Waals surface area (Å²) in [4.78, 5) is 11.6. The topological polar surface area (TPSA) is 49.3 Å². The molecule has 3 nitrogen and oxygen atoms in total. The zero-order valence-electron chi connectivity index (χ0n) is 10.4. The molecule has 2 N–H and O–H groups in total. The van der Waals surface area contributed by atoms with Gasteiger partial charge in [-0.05, 0) is 31.0 Å². The maximum Gasteiger partial charge on any atom is 0.224 e. The zero-order chi connectivity index (χ0) is 13.7. The van der Waals surface area contributed by atoms with Crippen molar-refractivity contribution in [3.8, 4) is 0 Å². The first-order valence-electron chi connectivity index (χ1n) is 5.78. The minimum Gasteiger partial charge on any atom is -0.396 e. The van der Waals surface area contributed by atoms with E-state index >= 15 is 0 Å². The third-order valence-electron chi connectivity index (χ3n) is 2.89. The Morgan fingerprint density at radius 1 is 1.39 bits per heavy atom. The van der Waals surface area contributed by atoms with E-state index in [2.05, 4.69) is 5.32 Å². The van der Waals surface area contributed by atoms with E-state index in [0.717, 1.165) is 18.2 Å². The van der Waals surface area contributed by atoms with Gasteiger partial charge in [0.1, 0.15) is 11.6 Å². The fourth-order valence-corrected chi connectivity index (χ4v) is 1.46. The molecule has 0 aliphatic carbocycles. The van der Waals surface area contributed by atoms with Gasteiger partial charge in [-0.25, -0.2) is 8.78 Å². The fourth-order valence-electron chi connectivity index (χ4n) is 1.46. The van der Waals surface area contributed by atoms with Crippen LogP contribution in [-0.4, -0.2) is 23.7 Å². The van der Waals surface area contributed by atoms with Gasteiger partial charge in [-0.1, -0.05) is 6.92 Å². The van der Waals surface area contributed by atoms with E-state index in [0.29, 0.717) is 0 Å². The van der Waals surface area contributed by atoms with Crippen molar-refractivity contribution in [1.29, 1.82) is 0 Å². The minimum absolute atomic E-state index is 0.0244. The summed E-state index contributed by atoms with van der Waals surface area (Å²) in [7, 11) is 0. The summed E-state index contributed by atoms with van der Waals surface area (Å²) >= 11 is 0. The van der Waals surface area contributed by atoms with Crippen molar-refractivity contribution < 1.29 is 18.7 Å². The molecule has 100 valence electrons. The first kappa shape index (κ1) is 14.6. The molecular weight excluding hydrogens is 240 g/mol. The van der Waals surface area contributed by atoms with Crippen LogP contribution in [-0.2, 0) is 11.2 Å². The molecular formula is C13H17F2NO2. The smallest absolute Gasteiger partial charge is 0.224 e. The number of halogens is 2. The number of benzene rings is 1. The van der Waals surface area contributed by atoms with E-state index in [4.69, 9.17) is 5.11 Å². The molecule has 0 aromatic heterocycles. The lowest BCUT2D eigenvalue weighted by Gasteiger charge is -2.19. The molecule has 0 aliphatic rings. The van der Waals surface area contributed by atoms with Crippen LogP contribution in [0, 0.1) is 17.6 Å². The molecule has 0 spiro atoms. The van der Waals surface area contributed by atoms with Gasteiger partial charge in [-0.2, -0.15) is 0 Å². The molecule has 5 heteroatoms. The van der Waals surface area contributed by atoms with Crippen molar-refractivity contribution in [3.63, 3.8) is 0 Å². The molecule has 0 radical (unpaired) electrons. The number of carbonyl (C=O) groups is 1. The van der Waals surface area contributed by atoms with Gasteiger partial charge in [0.2, 0.25) is 5.91 Å². The van der Waals surface area contributed by atoms with E-state index in [1.165, 1.54) is 0 Å². The third-order valence-corrected chi connectivity index (χ3v) is 2.89. The Hall–Kier alpha value is -1.49. The first-order chi connectivity index (χ1) is 8.43. The lowest BCUT2D eigenvalue weighted by Crippen LogP contribution is -2.39. The lowest BCUT2D eigenvalue weighted by molar-refractivity contribution is -0.121. The second-order valence-electron chi connectivity index (χ2n) is 4.43. The van der Waals surface area contributed by atoms with Crippen molar-refractivity contribution in [3.05, 3.63) is 35.4 Å². The van der Waals surface area contributed by atoms with Crippen molar-refractivity contribution in [2.75, 3.05) is 6.61 Å². The predicted octanol–water partition coefficient (Wildman–Crippen LogP) is 1.64. The fraction of sp³-hybridized carbons (Fsp3) is 0.462. The van der Waals surface area contributed by atoms with E-state index in [9.17, 15) is 13.6 Å². The Morgan fingerprint density at radius 2 is 2.06 bits per heavy atom. The molecule has 0 bridgehead atoms. The Bertz CT molecular complexity index is 423. The molecule has 1 rings (SSSR count). The molecule has 1 aromatic rings. The van der Waals surface area contributed by atoms with Gasteiger partial charge in [-0.15, -0.1) is 0 Å². The maximum absolute atomic E-state index is 13.3. The number of rotatable bonds is 5. The van der Waals surface area contributed by atoms with Crippen molar-refractivity contribution in [2.24, 2.45) is 5.92 Å². The number of hydrogen-bond donors (Lipinski definition) is 2. The second-order valence-corrected chi connectivity index (χ2v) is 4.43. The van der Waals surface area contributed by atoms with Crippen LogP contribution in [0.5, 0.6) is 0 Å². The van der Waals surface area contributed by atoms with E-state index in [1.807, 2.05) is 0 Å². The average Bonchev–Trinajstić information content (AvgIpc) is 2.32. The summed E-state index contributed by atoms with van der Waals surface area (Å²) in [5.74, 6) is -1.66. The van der Waals surface area contributed by atoms with E-state index < -0.39 is 17.5 Å². The van der Waals surface area contributed by atoms with Crippen LogP contribution in [0.2, 0.25) is 0 Å². The molecule has 0 heterocycles. The predicted molar refractivity (Wildman–Crippen MR) is 63.9 cm³/mol. The highest BCUT2D eigenvalue weighted by atomic mass is 19.1. The molecule has 0 fully saturated rings. The minimum atomic E-state index is -0.602. The normalized spacial score (nSPS) is 14.1. The molecule has 1 amide bonds. The van der Waals surface area contributed by atoms with Crippen LogP contribution in [0.15, 0.2) is 18.2 Å². The van der Waals surface area contributed by atoms with Crippen LogP contribution < -0.4 is 5.32 Å². The molecule has 18 heavy (non-hydrogen) atoms. The molecule has 1 aromatic carbocycles. The van der Waals surface area contributed by atoms with E-state index in [-0.39, 0.29) is 30.6 Å². The van der Waals surface area contributed by atoms with Crippen molar-refractivity contribution >= 4 is 5.91 Å². The second kappa shape index (κ2) is 6.44. The molecule has 0 saturated carbocycles. The van der Waals surface area contributed by atoms with Gasteiger partial charge < -0.3 is 10.4 Å². The molecule has 0 aliphatic heterocycles. The van der Waals surface area contributed by atoms with Gasteiger partial charge in [-0.3, -0.25) is 4.79 Å². The monoisotopic (exact) mass is 257 g/mol. The Labute approximate surface area is 105 Å². The first-order valence-corrected chi connectivity index (χ1v) is 5.78. The maximum atomic E-state index is 13.3. The summed E-state index contributed by atoms with van der Waals surface area (Å²) in [5, 5.41) is 11.6. The van der Waals surface area contributed by atoms with E-state index in [1.54, 1.807) is 13.8 Å². The van der Waals surface area contributed by atoms with Crippen molar-refractivity contribution in [2.45, 2.75) is 26.3 Å². The summed E-state index contributed by atoms with van der Waals surface area (Å²) < 4.78 is 26.2. The van der Waals surface area contributed by atoms with Gasteiger partial charge in [0.15, 0.2) is 0 Å². The number of hydrogen-bond acceptors (Lipinski definition) is 2. The lowest BCUT2D eigenvalue weighted by atomic mass is 10.0. The van der Waals surface area contributed by atoms with Crippen LogP contribution in [0.4, 0.5) is 8.78 Å². The zero-order valence-corrected chi connectivity index (χ0v) is 10.4. The van der Waals surface area contributed by atoms with Gasteiger partial charge in [0.25, 0.3) is 0 Å². The van der Waals surface area contributed by atoms with Crippen LogP contribution in [0.25, 0.3) is 0 Å². The largest absolute Gasteiger partial charge is 0.396 e. The number of aliphatic hydroxyl groups excluding tert-OH is 1. The summed E-state index contributed by atoms with van der Waals surface area (Å²) in [5.41, 5.74) is 0.0244. The number of nitrogens with one attached hydrogen (secondary N) is 1. The Balaban J connectivity index is 2.62. The molecule has 2 atom stereocenters. The number of carbonyl (C=O) groups excluding carboxylic acids is 1. The van der Waals surface area contributed by atoms with Crippen molar-refractivity contribution in [1.82, 2.24) is 5.32 Å². The average molecular weight is 257 g/mol. The van der Waals surface area contributed by atoms with Gasteiger partial charge >= 0.3 is 0 Å². The molecule has 2 unspecified atom stereocenters. The van der Waals surface area contributed by atoms with Gasteiger partial charge in [0, 0.05) is 18.2 Å². The third kappa shape index (κ3) is 4.07. The summed E-state index contributed by atoms with van der Waals surface area (Å²) in [6, 6.07) is 2.79. The standard InChI is InChI=1S/C13H17F2NO2/c1-8(7-17)9(2)16-13(18)6-10-5-11(14)3-4-12(10)15/h3-5,8-9,17H,6-7H2,1-2H3,(H,16,18). The van der Waals surface area contributed by atoms with Gasteiger partial charge in [0.05, 0.1) is 6.42 Å². The Morgan fingerprint density at radius 3 is 2.67 bits per heavy atom. The van der Waals surface area contributed by atoms with Crippen LogP contribution in [0.1, 0.15) is 19.4 Å². The van der Waals surface area contributed by atoms with Crippen LogP contribution in [0.3, 0.4) is 0 Å². The molecule has 0 saturated heterocycles. The highest BCUT2D eigenvalue weighted by molar-refractivity contribution is 5.78. The number of aliphatic hydroxyl groups is 1. The number of amides is 1.